The number of amides is 1. The van der Waals surface area contributed by atoms with E-state index >= 15 is 0 Å². The molecule has 0 aromatic heterocycles. The molecule has 1 unspecified atom stereocenters. The number of carbonyl (C=O) groups excluding carboxylic acids is 1. The Labute approximate surface area is 111 Å². The van der Waals surface area contributed by atoms with Gasteiger partial charge in [-0.05, 0) is 6.42 Å². The van der Waals surface area contributed by atoms with Gasteiger partial charge in [0.05, 0.1) is 6.61 Å². The van der Waals surface area contributed by atoms with Gasteiger partial charge >= 0.3 is 18.1 Å². The first-order valence-electron chi connectivity index (χ1n) is 5.50. The number of hydrogen-bond donors (Lipinski definition) is 3. The lowest BCUT2D eigenvalue weighted by molar-refractivity contribution is -0.174. The molecule has 0 saturated heterocycles. The predicted octanol–water partition coefficient (Wildman–Crippen LogP) is 0.390. The van der Waals surface area contributed by atoms with Crippen LogP contribution in [0.2, 0.25) is 0 Å². The van der Waals surface area contributed by atoms with E-state index in [-0.39, 0.29) is 6.42 Å². The second kappa shape index (κ2) is 8.35. The van der Waals surface area contributed by atoms with Crippen molar-refractivity contribution in [3.8, 4) is 0 Å². The van der Waals surface area contributed by atoms with Crippen LogP contribution in [0.1, 0.15) is 19.3 Å². The van der Waals surface area contributed by atoms with Crippen molar-refractivity contribution in [2.24, 2.45) is 0 Å². The largest absolute Gasteiger partial charge is 0.481 e. The van der Waals surface area contributed by atoms with Crippen molar-refractivity contribution in [3.63, 3.8) is 0 Å². The Morgan fingerprint density at radius 1 is 1.15 bits per heavy atom. The van der Waals surface area contributed by atoms with Crippen molar-refractivity contribution >= 4 is 17.8 Å². The highest BCUT2D eigenvalue weighted by molar-refractivity contribution is 5.83. The molecule has 0 bridgehead atoms. The van der Waals surface area contributed by atoms with Gasteiger partial charge in [-0.25, -0.2) is 4.79 Å². The van der Waals surface area contributed by atoms with Crippen LogP contribution in [0.15, 0.2) is 0 Å². The topological polar surface area (TPSA) is 113 Å². The van der Waals surface area contributed by atoms with Gasteiger partial charge in [0, 0.05) is 12.8 Å². The normalized spacial score (nSPS) is 12.8. The molecule has 0 heterocycles. The van der Waals surface area contributed by atoms with E-state index in [9.17, 15) is 27.6 Å². The summed E-state index contributed by atoms with van der Waals surface area (Å²) < 4.78 is 39.3. The van der Waals surface area contributed by atoms with Crippen LogP contribution < -0.4 is 5.32 Å². The molecule has 0 fully saturated rings. The van der Waals surface area contributed by atoms with Crippen LogP contribution >= 0.6 is 0 Å². The van der Waals surface area contributed by atoms with Crippen molar-refractivity contribution in [1.82, 2.24) is 5.32 Å². The van der Waals surface area contributed by atoms with E-state index in [4.69, 9.17) is 10.2 Å². The highest BCUT2D eigenvalue weighted by Crippen LogP contribution is 2.14. The molecular weight excluding hydrogens is 287 g/mol. The van der Waals surface area contributed by atoms with E-state index < -0.39 is 56.1 Å². The molecule has 0 aromatic carbocycles. The number of halogens is 3. The highest BCUT2D eigenvalue weighted by atomic mass is 19.4. The third-order valence-electron chi connectivity index (χ3n) is 2.02. The lowest BCUT2D eigenvalue weighted by atomic mass is 10.1. The van der Waals surface area contributed by atoms with E-state index in [0.29, 0.717) is 0 Å². The number of carbonyl (C=O) groups is 3. The van der Waals surface area contributed by atoms with Gasteiger partial charge in [-0.1, -0.05) is 0 Å². The number of aliphatic carboxylic acids is 2. The van der Waals surface area contributed by atoms with Gasteiger partial charge in [-0.2, -0.15) is 13.2 Å². The van der Waals surface area contributed by atoms with Gasteiger partial charge in [-0.3, -0.25) is 9.59 Å². The van der Waals surface area contributed by atoms with Crippen molar-refractivity contribution in [3.05, 3.63) is 0 Å². The number of rotatable bonds is 9. The summed E-state index contributed by atoms with van der Waals surface area (Å²) in [7, 11) is 0. The zero-order valence-corrected chi connectivity index (χ0v) is 10.3. The maximum absolute atomic E-state index is 11.7. The number of alkyl halides is 3. The summed E-state index contributed by atoms with van der Waals surface area (Å²) in [5, 5.41) is 19.1. The molecule has 0 aliphatic rings. The molecule has 10 heteroatoms. The molecule has 0 saturated carbocycles. The van der Waals surface area contributed by atoms with E-state index in [2.05, 4.69) is 4.74 Å². The molecule has 7 nitrogen and oxygen atoms in total. The minimum absolute atomic E-state index is 0.320. The van der Waals surface area contributed by atoms with E-state index in [1.807, 2.05) is 5.32 Å². The van der Waals surface area contributed by atoms with E-state index in [1.54, 1.807) is 0 Å². The molecular formula is C10H14F3NO6. The van der Waals surface area contributed by atoms with Crippen molar-refractivity contribution in [2.75, 3.05) is 13.2 Å². The van der Waals surface area contributed by atoms with Gasteiger partial charge in [0.1, 0.15) is 12.6 Å². The Hall–Kier alpha value is -1.84. The number of ether oxygens (including phenoxy) is 1. The molecule has 0 aromatic rings. The Bertz CT molecular complexity index is 357. The Kier molecular flexibility index (Phi) is 7.59. The molecule has 0 aliphatic heterocycles. The summed E-state index contributed by atoms with van der Waals surface area (Å²) in [6.45, 7) is -2.02. The molecule has 1 atom stereocenters. The fourth-order valence-corrected chi connectivity index (χ4v) is 1.14. The summed E-state index contributed by atoms with van der Waals surface area (Å²) in [6, 6.07) is -1.40. The third kappa shape index (κ3) is 10.1. The first-order chi connectivity index (χ1) is 9.11. The maximum Gasteiger partial charge on any atom is 0.411 e. The van der Waals surface area contributed by atoms with Gasteiger partial charge in [-0.15, -0.1) is 0 Å². The van der Waals surface area contributed by atoms with Gasteiger partial charge in [0.15, 0.2) is 0 Å². The average molecular weight is 301 g/mol. The first-order valence-corrected chi connectivity index (χ1v) is 5.50. The van der Waals surface area contributed by atoms with Crippen LogP contribution in [0, 0.1) is 0 Å². The van der Waals surface area contributed by atoms with Crippen LogP contribution in [0.5, 0.6) is 0 Å². The Morgan fingerprint density at radius 2 is 1.75 bits per heavy atom. The summed E-state index contributed by atoms with van der Waals surface area (Å²) >= 11 is 0. The van der Waals surface area contributed by atoms with E-state index in [1.165, 1.54) is 0 Å². The summed E-state index contributed by atoms with van der Waals surface area (Å²) in [5.74, 6) is -3.47. The second-order valence-corrected chi connectivity index (χ2v) is 3.81. The number of carboxylic acids is 2. The van der Waals surface area contributed by atoms with Crippen LogP contribution in [0.3, 0.4) is 0 Å². The summed E-state index contributed by atoms with van der Waals surface area (Å²) in [6.07, 6.45) is -5.73. The minimum Gasteiger partial charge on any atom is -0.481 e. The highest BCUT2D eigenvalue weighted by Gasteiger charge is 2.27. The third-order valence-corrected chi connectivity index (χ3v) is 2.02. The SMILES string of the molecule is O=C(O)CCC(NC(=O)CCOCC(F)(F)F)C(=O)O. The molecule has 0 aliphatic carbocycles. The van der Waals surface area contributed by atoms with Crippen LogP contribution in [-0.2, 0) is 19.1 Å². The second-order valence-electron chi connectivity index (χ2n) is 3.81. The lowest BCUT2D eigenvalue weighted by Crippen LogP contribution is -2.41. The number of hydrogen-bond acceptors (Lipinski definition) is 4. The van der Waals surface area contributed by atoms with Gasteiger partial charge in [0.25, 0.3) is 0 Å². The Morgan fingerprint density at radius 3 is 2.20 bits per heavy atom. The predicted molar refractivity (Wildman–Crippen MR) is 57.9 cm³/mol. The summed E-state index contributed by atoms with van der Waals surface area (Å²) in [5.41, 5.74) is 0. The molecule has 0 radical (unpaired) electrons. The molecule has 3 N–H and O–H groups in total. The molecule has 1 amide bonds. The molecule has 20 heavy (non-hydrogen) atoms. The quantitative estimate of drug-likeness (QED) is 0.531. The Balaban J connectivity index is 4.01. The standard InChI is InChI=1S/C10H14F3NO6/c11-10(12,13)5-20-4-3-7(15)14-6(9(18)19)1-2-8(16)17/h6H,1-5H2,(H,14,15)(H,16,17)(H,18,19). The number of carboxylic acid groups (broad SMARTS) is 2. The smallest absolute Gasteiger partial charge is 0.411 e. The first kappa shape index (κ1) is 18.2. The van der Waals surface area contributed by atoms with Crippen molar-refractivity contribution < 1.29 is 42.5 Å². The molecule has 0 spiro atoms. The van der Waals surface area contributed by atoms with Crippen LogP contribution in [-0.4, -0.2) is 53.5 Å². The zero-order chi connectivity index (χ0) is 15.8. The summed E-state index contributed by atoms with van der Waals surface area (Å²) in [4.78, 5) is 32.3. The van der Waals surface area contributed by atoms with Crippen molar-refractivity contribution in [1.29, 1.82) is 0 Å². The molecule has 0 rings (SSSR count). The van der Waals surface area contributed by atoms with Crippen LogP contribution in [0.25, 0.3) is 0 Å². The van der Waals surface area contributed by atoms with Crippen LogP contribution in [0.4, 0.5) is 13.2 Å². The lowest BCUT2D eigenvalue weighted by Gasteiger charge is -2.13. The van der Waals surface area contributed by atoms with Gasteiger partial charge < -0.3 is 20.3 Å². The fraction of sp³-hybridized carbons (Fsp3) is 0.700. The fourth-order valence-electron chi connectivity index (χ4n) is 1.14. The average Bonchev–Trinajstić information content (AvgIpc) is 2.28. The zero-order valence-electron chi connectivity index (χ0n) is 10.3. The number of nitrogens with one attached hydrogen (secondary N) is 1. The van der Waals surface area contributed by atoms with Gasteiger partial charge in [0.2, 0.25) is 5.91 Å². The minimum atomic E-state index is -4.50. The maximum atomic E-state index is 11.7. The molecule has 116 valence electrons. The van der Waals surface area contributed by atoms with E-state index in [0.717, 1.165) is 0 Å². The van der Waals surface area contributed by atoms with Crippen molar-refractivity contribution in [2.45, 2.75) is 31.5 Å². The monoisotopic (exact) mass is 301 g/mol.